The maximum Gasteiger partial charge on any atom is 0.449 e. The van der Waals surface area contributed by atoms with Crippen molar-refractivity contribution in [2.75, 3.05) is 6.61 Å². The van der Waals surface area contributed by atoms with E-state index in [9.17, 15) is 26.7 Å². The fourth-order valence-corrected chi connectivity index (χ4v) is 1.74. The summed E-state index contributed by atoms with van der Waals surface area (Å²) in [6.45, 7) is 4.52. The number of carbonyl (C=O) groups excluding carboxylic acids is 1. The minimum atomic E-state index is -5.69. The van der Waals surface area contributed by atoms with Crippen LogP contribution in [0.4, 0.5) is 22.0 Å². The first kappa shape index (κ1) is 16.8. The van der Waals surface area contributed by atoms with Gasteiger partial charge in [-0.15, -0.1) is 0 Å². The Kier molecular flexibility index (Phi) is 3.92. The second-order valence-corrected chi connectivity index (χ2v) is 4.93. The monoisotopic (exact) mass is 304 g/mol. The fraction of sp³-hybridized carbons (Fsp3) is 0.727. The third kappa shape index (κ3) is 2.78. The summed E-state index contributed by atoms with van der Waals surface area (Å²) in [7, 11) is 0. The summed E-state index contributed by atoms with van der Waals surface area (Å²) in [6, 6.07) is 0. The van der Waals surface area contributed by atoms with Crippen molar-refractivity contribution < 1.29 is 41.3 Å². The van der Waals surface area contributed by atoms with Gasteiger partial charge in [0.2, 0.25) is 0 Å². The van der Waals surface area contributed by atoms with E-state index in [1.165, 1.54) is 6.92 Å². The lowest BCUT2D eigenvalue weighted by molar-refractivity contribution is -0.413. The van der Waals surface area contributed by atoms with Crippen LogP contribution >= 0.6 is 0 Å². The van der Waals surface area contributed by atoms with Gasteiger partial charge < -0.3 is 14.6 Å². The molecule has 2 unspecified atom stereocenters. The zero-order chi connectivity index (χ0) is 16.0. The van der Waals surface area contributed by atoms with Gasteiger partial charge in [-0.1, -0.05) is 6.58 Å². The molecule has 1 fully saturated rings. The van der Waals surface area contributed by atoms with Crippen molar-refractivity contribution in [3.05, 3.63) is 12.2 Å². The Hall–Kier alpha value is -1.22. The first-order valence-electron chi connectivity index (χ1n) is 5.44. The number of hydrogen-bond donors (Lipinski definition) is 1. The second-order valence-electron chi connectivity index (χ2n) is 4.93. The highest BCUT2D eigenvalue weighted by atomic mass is 19.4. The molecule has 0 aromatic rings. The zero-order valence-corrected chi connectivity index (χ0v) is 10.7. The van der Waals surface area contributed by atoms with Crippen LogP contribution in [0.25, 0.3) is 0 Å². The Morgan fingerprint density at radius 1 is 1.45 bits per heavy atom. The minimum Gasteiger partial charge on any atom is -0.459 e. The average molecular weight is 304 g/mol. The van der Waals surface area contributed by atoms with Gasteiger partial charge in [0.1, 0.15) is 12.2 Å². The number of aliphatic hydroxyl groups is 1. The van der Waals surface area contributed by atoms with E-state index >= 15 is 0 Å². The summed E-state index contributed by atoms with van der Waals surface area (Å²) in [5.74, 6) is -10.1. The van der Waals surface area contributed by atoms with Gasteiger partial charge in [0.15, 0.2) is 0 Å². The summed E-state index contributed by atoms with van der Waals surface area (Å²) in [4.78, 5) is 11.1. The van der Waals surface area contributed by atoms with Crippen molar-refractivity contribution in [2.24, 2.45) is 0 Å². The molecular formula is C11H13F5O4. The summed E-state index contributed by atoms with van der Waals surface area (Å²) in [5, 5.41) is 9.11. The molecule has 0 aliphatic carbocycles. The van der Waals surface area contributed by atoms with Crippen LogP contribution in [0, 0.1) is 0 Å². The van der Waals surface area contributed by atoms with Crippen molar-refractivity contribution in [1.82, 2.24) is 0 Å². The molecule has 1 aliphatic rings. The van der Waals surface area contributed by atoms with Crippen LogP contribution in [-0.2, 0) is 14.3 Å². The van der Waals surface area contributed by atoms with Crippen molar-refractivity contribution in [3.63, 3.8) is 0 Å². The molecule has 2 atom stereocenters. The largest absolute Gasteiger partial charge is 0.459 e. The van der Waals surface area contributed by atoms with Gasteiger partial charge in [0, 0.05) is 12.0 Å². The van der Waals surface area contributed by atoms with Crippen LogP contribution in [0.1, 0.15) is 20.3 Å². The Bertz CT molecular complexity index is 433. The predicted octanol–water partition coefficient (Wildman–Crippen LogP) is 2.17. The molecule has 1 aliphatic heterocycles. The van der Waals surface area contributed by atoms with Crippen molar-refractivity contribution in [2.45, 2.75) is 43.8 Å². The van der Waals surface area contributed by atoms with E-state index < -0.39 is 42.5 Å². The molecule has 0 bridgehead atoms. The quantitative estimate of drug-likeness (QED) is 0.493. The van der Waals surface area contributed by atoms with Crippen LogP contribution in [0.2, 0.25) is 0 Å². The van der Waals surface area contributed by atoms with E-state index in [0.717, 1.165) is 6.92 Å². The normalized spacial score (nSPS) is 33.0. The first-order valence-corrected chi connectivity index (χ1v) is 5.44. The third-order valence-electron chi connectivity index (χ3n) is 2.73. The molecule has 20 heavy (non-hydrogen) atoms. The number of carbonyl (C=O) groups is 1. The topological polar surface area (TPSA) is 55.8 Å². The summed E-state index contributed by atoms with van der Waals surface area (Å²) in [5.41, 5.74) is -2.22. The molecule has 1 rings (SSSR count). The Morgan fingerprint density at radius 2 is 1.95 bits per heavy atom. The smallest absolute Gasteiger partial charge is 0.449 e. The number of halogens is 5. The highest BCUT2D eigenvalue weighted by molar-refractivity contribution is 5.86. The number of hydrogen-bond acceptors (Lipinski definition) is 4. The molecular weight excluding hydrogens is 291 g/mol. The molecule has 0 aromatic heterocycles. The molecule has 9 heteroatoms. The van der Waals surface area contributed by atoms with Crippen LogP contribution < -0.4 is 0 Å². The molecule has 116 valence electrons. The maximum atomic E-state index is 13.4. The second kappa shape index (κ2) is 4.66. The standard InChI is InChI=1S/C11H13F5O4/c1-6(2)7(17)19-5-8(3)4-9(12,13)10(18,20-8)11(14,15)16/h18H,1,4-5H2,2-3H3. The van der Waals surface area contributed by atoms with Crippen molar-refractivity contribution in [1.29, 1.82) is 0 Å². The van der Waals surface area contributed by atoms with Gasteiger partial charge in [0.25, 0.3) is 0 Å². The molecule has 0 aromatic carbocycles. The van der Waals surface area contributed by atoms with E-state index in [1.807, 2.05) is 0 Å². The SMILES string of the molecule is C=C(C)C(=O)OCC1(C)CC(F)(F)C(O)(C(F)(F)F)O1. The van der Waals surface area contributed by atoms with Gasteiger partial charge in [0.05, 0.1) is 0 Å². The van der Waals surface area contributed by atoms with Gasteiger partial charge in [-0.2, -0.15) is 13.2 Å². The highest BCUT2D eigenvalue weighted by Crippen LogP contribution is 2.54. The summed E-state index contributed by atoms with van der Waals surface area (Å²) >= 11 is 0. The molecule has 1 saturated heterocycles. The van der Waals surface area contributed by atoms with E-state index in [0.29, 0.717) is 0 Å². The Balaban J connectivity index is 2.91. The number of alkyl halides is 5. The summed E-state index contributed by atoms with van der Waals surface area (Å²) in [6.07, 6.45) is -7.13. The lowest BCUT2D eigenvalue weighted by atomic mass is 9.99. The van der Waals surface area contributed by atoms with E-state index in [-0.39, 0.29) is 5.57 Å². The molecule has 1 heterocycles. The highest BCUT2D eigenvalue weighted by Gasteiger charge is 2.78. The maximum absolute atomic E-state index is 13.4. The fourth-order valence-electron chi connectivity index (χ4n) is 1.74. The van der Waals surface area contributed by atoms with Gasteiger partial charge in [-0.3, -0.25) is 0 Å². The van der Waals surface area contributed by atoms with Gasteiger partial charge in [-0.25, -0.2) is 13.6 Å². The van der Waals surface area contributed by atoms with E-state index in [4.69, 9.17) is 5.11 Å². The van der Waals surface area contributed by atoms with Crippen LogP contribution in [0.3, 0.4) is 0 Å². The molecule has 4 nitrogen and oxygen atoms in total. The third-order valence-corrected chi connectivity index (χ3v) is 2.73. The predicted molar refractivity (Wildman–Crippen MR) is 55.8 cm³/mol. The molecule has 0 radical (unpaired) electrons. The van der Waals surface area contributed by atoms with E-state index in [1.54, 1.807) is 0 Å². The summed E-state index contributed by atoms with van der Waals surface area (Å²) < 4.78 is 73.1. The number of ether oxygens (including phenoxy) is 2. The Morgan fingerprint density at radius 3 is 2.30 bits per heavy atom. The lowest BCUT2D eigenvalue weighted by Gasteiger charge is -2.31. The van der Waals surface area contributed by atoms with Crippen molar-refractivity contribution >= 4 is 5.97 Å². The van der Waals surface area contributed by atoms with Crippen LogP contribution in [0.5, 0.6) is 0 Å². The molecule has 0 spiro atoms. The van der Waals surface area contributed by atoms with Crippen LogP contribution in [0.15, 0.2) is 12.2 Å². The Labute approximate surface area is 111 Å². The minimum absolute atomic E-state index is 0.0514. The van der Waals surface area contributed by atoms with E-state index in [2.05, 4.69) is 16.1 Å². The average Bonchev–Trinajstić information content (AvgIpc) is 2.41. The molecule has 0 saturated carbocycles. The number of rotatable bonds is 3. The van der Waals surface area contributed by atoms with Crippen LogP contribution in [-0.4, -0.2) is 41.2 Å². The zero-order valence-electron chi connectivity index (χ0n) is 10.7. The molecule has 1 N–H and O–H groups in total. The van der Waals surface area contributed by atoms with Gasteiger partial charge >= 0.3 is 23.9 Å². The van der Waals surface area contributed by atoms with Crippen molar-refractivity contribution in [3.8, 4) is 0 Å². The first-order chi connectivity index (χ1) is 8.74. The van der Waals surface area contributed by atoms with Gasteiger partial charge in [-0.05, 0) is 13.8 Å². The lowest BCUT2D eigenvalue weighted by Crippen LogP contribution is -2.56. The molecule has 0 amide bonds. The number of esters is 1.